The smallest absolute Gasteiger partial charge is 0.319 e. The lowest BCUT2D eigenvalue weighted by atomic mass is 10.1. The van der Waals surface area contributed by atoms with Gasteiger partial charge in [0.1, 0.15) is 23.9 Å². The maximum atomic E-state index is 11.7. The summed E-state index contributed by atoms with van der Waals surface area (Å²) in [6.07, 6.45) is -0.187. The van der Waals surface area contributed by atoms with Gasteiger partial charge in [0.15, 0.2) is 0 Å². The van der Waals surface area contributed by atoms with Crippen LogP contribution in [0.2, 0.25) is 0 Å². The number of carbonyl (C=O) groups excluding carboxylic acids is 1. The van der Waals surface area contributed by atoms with Gasteiger partial charge in [0.25, 0.3) is 0 Å². The quantitative estimate of drug-likeness (QED) is 0.644. The molecule has 1 aromatic carbocycles. The van der Waals surface area contributed by atoms with Crippen LogP contribution in [-0.2, 0) is 9.59 Å². The van der Waals surface area contributed by atoms with Gasteiger partial charge in [0.05, 0.1) is 0 Å². The zero-order valence-electron chi connectivity index (χ0n) is 11.8. The van der Waals surface area contributed by atoms with Crippen molar-refractivity contribution in [2.75, 3.05) is 13.2 Å². The van der Waals surface area contributed by atoms with Crippen molar-refractivity contribution in [2.45, 2.75) is 25.9 Å². The zero-order valence-corrected chi connectivity index (χ0v) is 11.8. The summed E-state index contributed by atoms with van der Waals surface area (Å²) in [6.45, 7) is 1.94. The van der Waals surface area contributed by atoms with Gasteiger partial charge in [-0.25, -0.2) is 0 Å². The molecule has 1 atom stereocenters. The number of aryl methyl sites for hydroxylation is 1. The molecule has 114 valence electrons. The average molecular weight is 293 g/mol. The Bertz CT molecular complexity index is 539. The number of hydrogen-bond acceptors (Lipinski definition) is 4. The number of carbonyl (C=O) groups is 2. The van der Waals surface area contributed by atoms with E-state index in [1.54, 1.807) is 6.07 Å². The second kappa shape index (κ2) is 6.13. The lowest BCUT2D eigenvalue weighted by molar-refractivity contribution is -0.149. The van der Waals surface area contributed by atoms with E-state index in [1.165, 1.54) is 0 Å². The van der Waals surface area contributed by atoms with Crippen molar-refractivity contribution in [3.8, 4) is 5.75 Å². The number of nitrogens with one attached hydrogen (secondary N) is 1. The van der Waals surface area contributed by atoms with E-state index in [-0.39, 0.29) is 13.2 Å². The summed E-state index contributed by atoms with van der Waals surface area (Å²) in [4.78, 5) is 22.7. The van der Waals surface area contributed by atoms with Crippen LogP contribution < -0.4 is 10.1 Å². The fourth-order valence-corrected chi connectivity index (χ4v) is 2.00. The Hall–Kier alpha value is -2.08. The summed E-state index contributed by atoms with van der Waals surface area (Å²) in [6, 6.07) is 7.41. The van der Waals surface area contributed by atoms with Crippen molar-refractivity contribution in [2.24, 2.45) is 5.41 Å². The van der Waals surface area contributed by atoms with Crippen molar-refractivity contribution >= 4 is 11.9 Å². The maximum absolute atomic E-state index is 11.7. The molecule has 1 saturated carbocycles. The molecule has 1 unspecified atom stereocenters. The Labute approximate surface area is 122 Å². The molecule has 1 fully saturated rings. The molecule has 6 nitrogen and oxygen atoms in total. The number of aliphatic carboxylic acids is 1. The Kier molecular flexibility index (Phi) is 4.47. The molecular formula is C15H19NO5. The molecule has 0 aromatic heterocycles. The summed E-state index contributed by atoms with van der Waals surface area (Å²) in [5.41, 5.74) is -0.232. The summed E-state index contributed by atoms with van der Waals surface area (Å²) in [7, 11) is 0. The molecule has 0 saturated heterocycles. The number of benzene rings is 1. The molecule has 0 aliphatic heterocycles. The first kappa shape index (κ1) is 15.3. The molecule has 0 heterocycles. The normalized spacial score (nSPS) is 16.9. The molecule has 0 bridgehead atoms. The van der Waals surface area contributed by atoms with E-state index in [4.69, 9.17) is 9.84 Å². The van der Waals surface area contributed by atoms with Crippen LogP contribution in [0.3, 0.4) is 0 Å². The minimum atomic E-state index is -1.28. The first-order chi connectivity index (χ1) is 9.94. The highest BCUT2D eigenvalue weighted by Gasteiger charge is 2.57. The molecule has 6 heteroatoms. The molecule has 2 rings (SSSR count). The lowest BCUT2D eigenvalue weighted by Crippen LogP contribution is -2.42. The third-order valence-corrected chi connectivity index (χ3v) is 3.52. The number of carboxylic acid groups (broad SMARTS) is 1. The van der Waals surface area contributed by atoms with Crippen LogP contribution in [0.15, 0.2) is 24.3 Å². The van der Waals surface area contributed by atoms with Gasteiger partial charge in [0, 0.05) is 6.54 Å². The predicted octanol–water partition coefficient (Wildman–Crippen LogP) is 0.716. The van der Waals surface area contributed by atoms with E-state index in [2.05, 4.69) is 5.32 Å². The SMILES string of the molecule is Cc1cccc(OCC(O)CNC(=O)C2(C(=O)O)CC2)c1. The minimum absolute atomic E-state index is 0.0281. The Balaban J connectivity index is 1.74. The number of rotatable bonds is 7. The van der Waals surface area contributed by atoms with Gasteiger partial charge in [-0.1, -0.05) is 12.1 Å². The summed E-state index contributed by atoms with van der Waals surface area (Å²) >= 11 is 0. The molecular weight excluding hydrogens is 274 g/mol. The molecule has 21 heavy (non-hydrogen) atoms. The van der Waals surface area contributed by atoms with Crippen LogP contribution in [0.25, 0.3) is 0 Å². The van der Waals surface area contributed by atoms with Crippen molar-refractivity contribution in [1.82, 2.24) is 5.32 Å². The minimum Gasteiger partial charge on any atom is -0.491 e. The number of amides is 1. The molecule has 1 amide bonds. The second-order valence-corrected chi connectivity index (χ2v) is 5.38. The van der Waals surface area contributed by atoms with Crippen LogP contribution in [-0.4, -0.2) is 41.3 Å². The Morgan fingerprint density at radius 3 is 2.71 bits per heavy atom. The predicted molar refractivity (Wildman–Crippen MR) is 75.0 cm³/mol. The van der Waals surface area contributed by atoms with E-state index in [0.717, 1.165) is 5.56 Å². The van der Waals surface area contributed by atoms with Crippen LogP contribution in [0.1, 0.15) is 18.4 Å². The summed E-state index contributed by atoms with van der Waals surface area (Å²) < 4.78 is 5.41. The van der Waals surface area contributed by atoms with E-state index in [0.29, 0.717) is 18.6 Å². The van der Waals surface area contributed by atoms with E-state index < -0.39 is 23.4 Å². The maximum Gasteiger partial charge on any atom is 0.319 e. The van der Waals surface area contributed by atoms with Crippen molar-refractivity contribution in [3.05, 3.63) is 29.8 Å². The molecule has 1 aliphatic rings. The third-order valence-electron chi connectivity index (χ3n) is 3.52. The number of ether oxygens (including phenoxy) is 1. The van der Waals surface area contributed by atoms with E-state index in [9.17, 15) is 14.7 Å². The topological polar surface area (TPSA) is 95.9 Å². The van der Waals surface area contributed by atoms with E-state index in [1.807, 2.05) is 25.1 Å². The monoisotopic (exact) mass is 293 g/mol. The fourth-order valence-electron chi connectivity index (χ4n) is 2.00. The van der Waals surface area contributed by atoms with Gasteiger partial charge in [-0.3, -0.25) is 9.59 Å². The summed E-state index contributed by atoms with van der Waals surface area (Å²) in [5, 5.41) is 21.2. The van der Waals surface area contributed by atoms with Crippen molar-refractivity contribution < 1.29 is 24.5 Å². The Morgan fingerprint density at radius 1 is 1.43 bits per heavy atom. The highest BCUT2D eigenvalue weighted by molar-refractivity contribution is 6.04. The van der Waals surface area contributed by atoms with Gasteiger partial charge in [-0.15, -0.1) is 0 Å². The molecule has 3 N–H and O–H groups in total. The van der Waals surface area contributed by atoms with Gasteiger partial charge < -0.3 is 20.3 Å². The van der Waals surface area contributed by atoms with Gasteiger partial charge in [0.2, 0.25) is 5.91 Å². The second-order valence-electron chi connectivity index (χ2n) is 5.38. The first-order valence-electron chi connectivity index (χ1n) is 6.83. The largest absolute Gasteiger partial charge is 0.491 e. The van der Waals surface area contributed by atoms with Crippen molar-refractivity contribution in [3.63, 3.8) is 0 Å². The van der Waals surface area contributed by atoms with Crippen LogP contribution in [0.4, 0.5) is 0 Å². The Morgan fingerprint density at radius 2 is 2.14 bits per heavy atom. The van der Waals surface area contributed by atoms with E-state index >= 15 is 0 Å². The van der Waals surface area contributed by atoms with Crippen molar-refractivity contribution in [1.29, 1.82) is 0 Å². The first-order valence-corrected chi connectivity index (χ1v) is 6.83. The fraction of sp³-hybridized carbons (Fsp3) is 0.467. The highest BCUT2D eigenvalue weighted by Crippen LogP contribution is 2.45. The molecule has 0 spiro atoms. The van der Waals surface area contributed by atoms with Crippen LogP contribution >= 0.6 is 0 Å². The third kappa shape index (κ3) is 3.72. The van der Waals surface area contributed by atoms with Crippen LogP contribution in [0, 0.1) is 12.3 Å². The number of hydrogen-bond donors (Lipinski definition) is 3. The number of aliphatic hydroxyl groups is 1. The molecule has 1 aliphatic carbocycles. The van der Waals surface area contributed by atoms with Crippen LogP contribution in [0.5, 0.6) is 5.75 Å². The van der Waals surface area contributed by atoms with Gasteiger partial charge in [-0.05, 0) is 37.5 Å². The standard InChI is InChI=1S/C15H19NO5/c1-10-3-2-4-12(7-10)21-9-11(17)8-16-13(18)15(5-6-15)14(19)20/h2-4,7,11,17H,5-6,8-9H2,1H3,(H,16,18)(H,19,20). The number of carboxylic acids is 1. The number of aliphatic hydroxyl groups excluding tert-OH is 1. The highest BCUT2D eigenvalue weighted by atomic mass is 16.5. The van der Waals surface area contributed by atoms with Gasteiger partial charge >= 0.3 is 5.97 Å². The summed E-state index contributed by atoms with van der Waals surface area (Å²) in [5.74, 6) is -1.00. The average Bonchev–Trinajstić information content (AvgIpc) is 3.24. The molecule has 0 radical (unpaired) electrons. The zero-order chi connectivity index (χ0) is 15.5. The van der Waals surface area contributed by atoms with Gasteiger partial charge in [-0.2, -0.15) is 0 Å². The lowest BCUT2D eigenvalue weighted by Gasteiger charge is -2.15. The molecule has 1 aromatic rings.